The summed E-state index contributed by atoms with van der Waals surface area (Å²) in [5, 5.41) is 20.6. The molecule has 6 nitrogen and oxygen atoms in total. The maximum Gasteiger partial charge on any atom is 0.230 e. The molecular formula is C14H17ClN4O2S. The van der Waals surface area contributed by atoms with Gasteiger partial charge in [0.2, 0.25) is 5.91 Å². The first-order chi connectivity index (χ1) is 10.6. The average molecular weight is 341 g/mol. The topological polar surface area (TPSA) is 80.0 Å². The van der Waals surface area contributed by atoms with Crippen LogP contribution in [0.4, 0.5) is 0 Å². The Morgan fingerprint density at radius 2 is 2.32 bits per heavy atom. The number of nitrogens with one attached hydrogen (secondary N) is 1. The van der Waals surface area contributed by atoms with E-state index < -0.39 is 0 Å². The molecule has 22 heavy (non-hydrogen) atoms. The van der Waals surface area contributed by atoms with Crippen LogP contribution in [0.25, 0.3) is 5.69 Å². The molecular weight excluding hydrogens is 324 g/mol. The van der Waals surface area contributed by atoms with Gasteiger partial charge < -0.3 is 10.4 Å². The van der Waals surface area contributed by atoms with Gasteiger partial charge in [0.1, 0.15) is 6.33 Å². The number of thioether (sulfide) groups is 1. The zero-order chi connectivity index (χ0) is 15.9. The van der Waals surface area contributed by atoms with Gasteiger partial charge in [0.15, 0.2) is 5.16 Å². The number of hydrogen-bond donors (Lipinski definition) is 2. The van der Waals surface area contributed by atoms with Gasteiger partial charge in [0.05, 0.1) is 11.4 Å². The molecule has 0 aliphatic carbocycles. The Morgan fingerprint density at radius 3 is 3.05 bits per heavy atom. The third-order valence-corrected chi connectivity index (χ3v) is 4.29. The SMILES string of the molecule is Cc1ccc(-n2cnnc2SCC(=O)NCCCO)cc1Cl. The molecule has 8 heteroatoms. The van der Waals surface area contributed by atoms with Gasteiger partial charge >= 0.3 is 0 Å². The highest BCUT2D eigenvalue weighted by Gasteiger charge is 2.10. The summed E-state index contributed by atoms with van der Waals surface area (Å²) in [6.07, 6.45) is 2.14. The van der Waals surface area contributed by atoms with E-state index in [1.807, 2.05) is 25.1 Å². The van der Waals surface area contributed by atoms with E-state index in [1.165, 1.54) is 11.8 Å². The number of benzene rings is 1. The first-order valence-corrected chi connectivity index (χ1v) is 8.15. The lowest BCUT2D eigenvalue weighted by molar-refractivity contribution is -0.118. The molecule has 0 bridgehead atoms. The smallest absolute Gasteiger partial charge is 0.230 e. The molecule has 0 fully saturated rings. The van der Waals surface area contributed by atoms with Gasteiger partial charge in [-0.25, -0.2) is 0 Å². The molecule has 2 rings (SSSR count). The summed E-state index contributed by atoms with van der Waals surface area (Å²) >= 11 is 7.43. The number of rotatable bonds is 7. The molecule has 2 aromatic rings. The number of halogens is 1. The molecule has 2 N–H and O–H groups in total. The van der Waals surface area contributed by atoms with Crippen molar-refractivity contribution < 1.29 is 9.90 Å². The summed E-state index contributed by atoms with van der Waals surface area (Å²) in [7, 11) is 0. The van der Waals surface area contributed by atoms with E-state index in [0.717, 1.165) is 11.3 Å². The van der Waals surface area contributed by atoms with E-state index in [2.05, 4.69) is 15.5 Å². The minimum absolute atomic E-state index is 0.0654. The Bertz CT molecular complexity index is 648. The Kier molecular flexibility index (Phi) is 6.23. The van der Waals surface area contributed by atoms with E-state index in [1.54, 1.807) is 10.9 Å². The van der Waals surface area contributed by atoms with Crippen molar-refractivity contribution in [1.82, 2.24) is 20.1 Å². The summed E-state index contributed by atoms with van der Waals surface area (Å²) in [4.78, 5) is 11.7. The number of aryl methyl sites for hydroxylation is 1. The van der Waals surface area contributed by atoms with Gasteiger partial charge in [-0.3, -0.25) is 9.36 Å². The van der Waals surface area contributed by atoms with Crippen molar-refractivity contribution in [3.05, 3.63) is 35.1 Å². The Labute approximate surface area is 137 Å². The van der Waals surface area contributed by atoms with Crippen LogP contribution in [0.3, 0.4) is 0 Å². The fraction of sp³-hybridized carbons (Fsp3) is 0.357. The summed E-state index contributed by atoms with van der Waals surface area (Å²) in [5.41, 5.74) is 1.85. The van der Waals surface area contributed by atoms with Crippen LogP contribution in [0.1, 0.15) is 12.0 Å². The summed E-state index contributed by atoms with van der Waals surface area (Å²) in [5.74, 6) is 0.138. The van der Waals surface area contributed by atoms with Gasteiger partial charge in [0.25, 0.3) is 0 Å². The molecule has 0 spiro atoms. The molecule has 0 aliphatic heterocycles. The van der Waals surface area contributed by atoms with Gasteiger partial charge in [-0.2, -0.15) is 0 Å². The third kappa shape index (κ3) is 4.46. The molecule has 118 valence electrons. The van der Waals surface area contributed by atoms with Gasteiger partial charge in [-0.15, -0.1) is 10.2 Å². The summed E-state index contributed by atoms with van der Waals surface area (Å²) in [6, 6.07) is 5.69. The van der Waals surface area contributed by atoms with Crippen molar-refractivity contribution in [2.45, 2.75) is 18.5 Å². The summed E-state index contributed by atoms with van der Waals surface area (Å²) < 4.78 is 1.79. The molecule has 0 radical (unpaired) electrons. The molecule has 1 aromatic heterocycles. The minimum atomic E-state index is -0.102. The van der Waals surface area contributed by atoms with Crippen LogP contribution in [-0.2, 0) is 4.79 Å². The molecule has 0 saturated carbocycles. The lowest BCUT2D eigenvalue weighted by Crippen LogP contribution is -2.26. The van der Waals surface area contributed by atoms with Crippen molar-refractivity contribution in [3.63, 3.8) is 0 Å². The number of aromatic nitrogens is 3. The number of nitrogens with zero attached hydrogens (tertiary/aromatic N) is 3. The molecule has 1 amide bonds. The number of carbonyl (C=O) groups is 1. The van der Waals surface area contributed by atoms with E-state index in [9.17, 15) is 4.79 Å². The number of aliphatic hydroxyl groups is 1. The van der Waals surface area contributed by atoms with Crippen LogP contribution in [0.15, 0.2) is 29.7 Å². The molecule has 0 aliphatic rings. The van der Waals surface area contributed by atoms with E-state index >= 15 is 0 Å². The highest BCUT2D eigenvalue weighted by atomic mass is 35.5. The van der Waals surface area contributed by atoms with E-state index in [0.29, 0.717) is 23.1 Å². The van der Waals surface area contributed by atoms with Gasteiger partial charge in [0, 0.05) is 18.2 Å². The summed E-state index contributed by atoms with van der Waals surface area (Å²) in [6.45, 7) is 2.47. The predicted octanol–water partition coefficient (Wildman–Crippen LogP) is 1.82. The molecule has 0 unspecified atom stereocenters. The first-order valence-electron chi connectivity index (χ1n) is 6.78. The number of carbonyl (C=O) groups excluding carboxylic acids is 1. The van der Waals surface area contributed by atoms with Crippen LogP contribution in [-0.4, -0.2) is 44.7 Å². The highest BCUT2D eigenvalue weighted by Crippen LogP contribution is 2.23. The van der Waals surface area contributed by atoms with Crippen LogP contribution in [0, 0.1) is 6.92 Å². The van der Waals surface area contributed by atoms with Crippen molar-refractivity contribution in [1.29, 1.82) is 0 Å². The van der Waals surface area contributed by atoms with Crippen LogP contribution < -0.4 is 5.32 Å². The average Bonchev–Trinajstić information content (AvgIpc) is 2.97. The Hall–Kier alpha value is -1.57. The number of amides is 1. The quantitative estimate of drug-likeness (QED) is 0.593. The first kappa shape index (κ1) is 16.8. The van der Waals surface area contributed by atoms with Crippen molar-refractivity contribution in [3.8, 4) is 5.69 Å². The Balaban J connectivity index is 2.00. The second-order valence-corrected chi connectivity index (χ2v) is 5.98. The van der Waals surface area contributed by atoms with Crippen LogP contribution in [0.5, 0.6) is 0 Å². The molecule has 1 heterocycles. The minimum Gasteiger partial charge on any atom is -0.396 e. The fourth-order valence-corrected chi connectivity index (χ4v) is 2.65. The molecule has 1 aromatic carbocycles. The molecule has 0 atom stereocenters. The van der Waals surface area contributed by atoms with Crippen molar-refractivity contribution >= 4 is 29.3 Å². The van der Waals surface area contributed by atoms with Crippen LogP contribution >= 0.6 is 23.4 Å². The maximum atomic E-state index is 11.7. The predicted molar refractivity (Wildman–Crippen MR) is 86.5 cm³/mol. The fourth-order valence-electron chi connectivity index (χ4n) is 1.72. The highest BCUT2D eigenvalue weighted by molar-refractivity contribution is 7.99. The third-order valence-electron chi connectivity index (χ3n) is 2.94. The monoisotopic (exact) mass is 340 g/mol. The second kappa shape index (κ2) is 8.17. The van der Waals surface area contributed by atoms with Gasteiger partial charge in [-0.05, 0) is 31.0 Å². The largest absolute Gasteiger partial charge is 0.396 e. The van der Waals surface area contributed by atoms with Crippen molar-refractivity contribution in [2.24, 2.45) is 0 Å². The zero-order valence-corrected chi connectivity index (χ0v) is 13.7. The lowest BCUT2D eigenvalue weighted by Gasteiger charge is -2.08. The maximum absolute atomic E-state index is 11.7. The Morgan fingerprint density at radius 1 is 1.50 bits per heavy atom. The van der Waals surface area contributed by atoms with Crippen LogP contribution in [0.2, 0.25) is 5.02 Å². The van der Waals surface area contributed by atoms with E-state index in [4.69, 9.17) is 16.7 Å². The standard InChI is InChI=1S/C14H17ClN4O2S/c1-10-3-4-11(7-12(10)15)19-9-17-18-14(19)22-8-13(21)16-5-2-6-20/h3-4,7,9,20H,2,5-6,8H2,1H3,(H,16,21). The zero-order valence-electron chi connectivity index (χ0n) is 12.1. The number of aliphatic hydroxyl groups excluding tert-OH is 1. The van der Waals surface area contributed by atoms with E-state index in [-0.39, 0.29) is 18.3 Å². The van der Waals surface area contributed by atoms with Gasteiger partial charge in [-0.1, -0.05) is 29.4 Å². The second-order valence-electron chi connectivity index (χ2n) is 4.63. The van der Waals surface area contributed by atoms with Crippen molar-refractivity contribution in [2.75, 3.05) is 18.9 Å². The normalized spacial score (nSPS) is 10.7. The lowest BCUT2D eigenvalue weighted by atomic mass is 10.2. The molecule has 0 saturated heterocycles. The number of hydrogen-bond acceptors (Lipinski definition) is 5.